The fraction of sp³-hybridized carbons (Fsp3) is 0.261. The van der Waals surface area contributed by atoms with Crippen LogP contribution < -0.4 is 0 Å². The molecule has 30 heavy (non-hydrogen) atoms. The van der Waals surface area contributed by atoms with E-state index in [-0.39, 0.29) is 11.3 Å². The van der Waals surface area contributed by atoms with Crippen LogP contribution in [0.5, 0.6) is 0 Å². The summed E-state index contributed by atoms with van der Waals surface area (Å²) in [5.74, 6) is -0.253. The number of aromatic nitrogens is 2. The van der Waals surface area contributed by atoms with Crippen LogP contribution in [0, 0.1) is 0 Å². The maximum absolute atomic E-state index is 12.6. The number of nitrogens with zero attached hydrogens (tertiary/aromatic N) is 2. The number of thioether (sulfide) groups is 1. The molecule has 156 valence electrons. The second kappa shape index (κ2) is 10.1. The molecule has 0 saturated carbocycles. The van der Waals surface area contributed by atoms with Gasteiger partial charge in [-0.3, -0.25) is 0 Å². The van der Waals surface area contributed by atoms with Gasteiger partial charge in [0.2, 0.25) is 0 Å². The lowest BCUT2D eigenvalue weighted by molar-refractivity contribution is 0.0549. The summed E-state index contributed by atoms with van der Waals surface area (Å²) in [6.45, 7) is 2.17. The highest BCUT2D eigenvalue weighted by Crippen LogP contribution is 2.30. The standard InChI is InChI=1S/C23H24N2O4S/c1-4-5-15-30-18-13-11-16(12-14-18)20-19(22(26)28-2)21(23(27)29-3)25(24-20)17-9-7-6-8-10-17/h6-14H,4-5,15H2,1-3H3. The van der Waals surface area contributed by atoms with Crippen molar-refractivity contribution in [1.29, 1.82) is 0 Å². The smallest absolute Gasteiger partial charge is 0.357 e. The Bertz CT molecular complexity index is 1010. The molecule has 0 aliphatic rings. The molecule has 0 atom stereocenters. The van der Waals surface area contributed by atoms with Gasteiger partial charge in [0.05, 0.1) is 19.9 Å². The Morgan fingerprint density at radius 3 is 2.23 bits per heavy atom. The number of unbranched alkanes of at least 4 members (excludes halogenated alkanes) is 1. The molecule has 0 bridgehead atoms. The molecule has 0 radical (unpaired) electrons. The minimum absolute atomic E-state index is 0.0342. The van der Waals surface area contributed by atoms with Crippen molar-refractivity contribution < 1.29 is 19.1 Å². The average molecular weight is 425 g/mol. The van der Waals surface area contributed by atoms with Crippen molar-refractivity contribution in [3.05, 3.63) is 65.9 Å². The zero-order chi connectivity index (χ0) is 21.5. The number of esters is 2. The molecule has 1 aromatic heterocycles. The predicted octanol–water partition coefficient (Wildman–Crippen LogP) is 5.00. The van der Waals surface area contributed by atoms with Crippen molar-refractivity contribution in [2.24, 2.45) is 0 Å². The fourth-order valence-electron chi connectivity index (χ4n) is 3.00. The van der Waals surface area contributed by atoms with Crippen molar-refractivity contribution in [3.63, 3.8) is 0 Å². The molecule has 2 aromatic carbocycles. The molecule has 0 spiro atoms. The molecule has 0 amide bonds. The lowest BCUT2D eigenvalue weighted by Gasteiger charge is -2.07. The number of carbonyl (C=O) groups is 2. The summed E-state index contributed by atoms with van der Waals surface area (Å²) < 4.78 is 11.3. The van der Waals surface area contributed by atoms with E-state index in [1.165, 1.54) is 18.9 Å². The van der Waals surface area contributed by atoms with Gasteiger partial charge in [0.25, 0.3) is 0 Å². The third-order valence-corrected chi connectivity index (χ3v) is 5.65. The average Bonchev–Trinajstić information content (AvgIpc) is 3.20. The van der Waals surface area contributed by atoms with Gasteiger partial charge < -0.3 is 9.47 Å². The topological polar surface area (TPSA) is 70.4 Å². The Morgan fingerprint density at radius 1 is 0.967 bits per heavy atom. The minimum Gasteiger partial charge on any atom is -0.465 e. The van der Waals surface area contributed by atoms with Crippen LogP contribution in [0.2, 0.25) is 0 Å². The Hall–Kier alpha value is -3.06. The summed E-state index contributed by atoms with van der Waals surface area (Å²) in [6, 6.07) is 16.9. The first-order chi connectivity index (χ1) is 14.6. The monoisotopic (exact) mass is 424 g/mol. The summed E-state index contributed by atoms with van der Waals surface area (Å²) >= 11 is 1.79. The van der Waals surface area contributed by atoms with Gasteiger partial charge in [0.15, 0.2) is 5.69 Å². The van der Waals surface area contributed by atoms with Gasteiger partial charge in [-0.05, 0) is 36.4 Å². The van der Waals surface area contributed by atoms with E-state index in [2.05, 4.69) is 12.0 Å². The molecule has 0 fully saturated rings. The second-order valence-corrected chi connectivity index (χ2v) is 7.70. The van der Waals surface area contributed by atoms with Crippen LogP contribution in [0.25, 0.3) is 16.9 Å². The number of benzene rings is 2. The fourth-order valence-corrected chi connectivity index (χ4v) is 4.00. The molecule has 6 nitrogen and oxygen atoms in total. The van der Waals surface area contributed by atoms with Crippen LogP contribution in [-0.2, 0) is 9.47 Å². The van der Waals surface area contributed by atoms with Gasteiger partial charge in [0.1, 0.15) is 11.3 Å². The molecular weight excluding hydrogens is 400 g/mol. The lowest BCUT2D eigenvalue weighted by Crippen LogP contribution is -2.15. The number of methoxy groups -OCH3 is 2. The van der Waals surface area contributed by atoms with E-state index in [1.54, 1.807) is 23.9 Å². The van der Waals surface area contributed by atoms with Crippen LogP contribution in [0.4, 0.5) is 0 Å². The van der Waals surface area contributed by atoms with E-state index in [1.807, 2.05) is 42.5 Å². The third-order valence-electron chi connectivity index (χ3n) is 4.55. The quantitative estimate of drug-likeness (QED) is 0.288. The van der Waals surface area contributed by atoms with Crippen molar-refractivity contribution in [2.45, 2.75) is 24.7 Å². The first-order valence-electron chi connectivity index (χ1n) is 9.69. The van der Waals surface area contributed by atoms with Gasteiger partial charge >= 0.3 is 11.9 Å². The highest BCUT2D eigenvalue weighted by molar-refractivity contribution is 7.99. The van der Waals surface area contributed by atoms with Crippen molar-refractivity contribution in [1.82, 2.24) is 9.78 Å². The van der Waals surface area contributed by atoms with E-state index in [4.69, 9.17) is 9.47 Å². The summed E-state index contributed by atoms with van der Waals surface area (Å²) in [7, 11) is 2.55. The summed E-state index contributed by atoms with van der Waals surface area (Å²) in [4.78, 5) is 26.4. The van der Waals surface area contributed by atoms with E-state index < -0.39 is 11.9 Å². The number of ether oxygens (including phenoxy) is 2. The summed E-state index contributed by atoms with van der Waals surface area (Å²) in [5, 5.41) is 4.60. The van der Waals surface area contributed by atoms with Gasteiger partial charge in [-0.25, -0.2) is 14.3 Å². The number of para-hydroxylation sites is 1. The van der Waals surface area contributed by atoms with Crippen molar-refractivity contribution in [3.8, 4) is 16.9 Å². The molecule has 7 heteroatoms. The van der Waals surface area contributed by atoms with Gasteiger partial charge in [-0.1, -0.05) is 43.7 Å². The molecule has 1 heterocycles. The largest absolute Gasteiger partial charge is 0.465 e. The normalized spacial score (nSPS) is 10.6. The summed E-state index contributed by atoms with van der Waals surface area (Å²) in [6.07, 6.45) is 2.31. The number of carbonyl (C=O) groups excluding carboxylic acids is 2. The van der Waals surface area contributed by atoms with Crippen molar-refractivity contribution in [2.75, 3.05) is 20.0 Å². The SMILES string of the molecule is CCCCSc1ccc(-c2nn(-c3ccccc3)c(C(=O)OC)c2C(=O)OC)cc1. The number of hydrogen-bond acceptors (Lipinski definition) is 6. The van der Waals surface area contributed by atoms with Gasteiger partial charge in [-0.2, -0.15) is 5.10 Å². The molecule has 0 aliphatic carbocycles. The molecule has 0 unspecified atom stereocenters. The number of rotatable bonds is 8. The third kappa shape index (κ3) is 4.57. The van der Waals surface area contributed by atoms with E-state index in [0.717, 1.165) is 29.1 Å². The van der Waals surface area contributed by atoms with Gasteiger partial charge in [0, 0.05) is 10.5 Å². The molecule has 3 rings (SSSR count). The maximum atomic E-state index is 12.6. The predicted molar refractivity (Wildman–Crippen MR) is 117 cm³/mol. The Labute approximate surface area is 180 Å². The van der Waals surface area contributed by atoms with Crippen LogP contribution in [0.3, 0.4) is 0 Å². The molecule has 0 N–H and O–H groups in total. The zero-order valence-electron chi connectivity index (χ0n) is 17.3. The number of hydrogen-bond donors (Lipinski definition) is 0. The van der Waals surface area contributed by atoms with E-state index in [9.17, 15) is 9.59 Å². The molecule has 3 aromatic rings. The zero-order valence-corrected chi connectivity index (χ0v) is 18.1. The minimum atomic E-state index is -0.662. The Morgan fingerprint density at radius 2 is 1.63 bits per heavy atom. The van der Waals surface area contributed by atoms with Crippen LogP contribution >= 0.6 is 11.8 Å². The highest BCUT2D eigenvalue weighted by atomic mass is 32.2. The van der Waals surface area contributed by atoms with E-state index in [0.29, 0.717) is 11.4 Å². The second-order valence-electron chi connectivity index (χ2n) is 6.53. The molecule has 0 saturated heterocycles. The molecule has 0 aliphatic heterocycles. The maximum Gasteiger partial charge on any atom is 0.357 e. The first-order valence-corrected chi connectivity index (χ1v) is 10.7. The van der Waals surface area contributed by atoms with Crippen LogP contribution in [-0.4, -0.2) is 41.7 Å². The van der Waals surface area contributed by atoms with Gasteiger partial charge in [-0.15, -0.1) is 11.8 Å². The lowest BCUT2D eigenvalue weighted by atomic mass is 10.1. The summed E-state index contributed by atoms with van der Waals surface area (Å²) in [5.41, 5.74) is 1.85. The molecular formula is C23H24N2O4S. The first kappa shape index (κ1) is 21.6. The van der Waals surface area contributed by atoms with Crippen LogP contribution in [0.15, 0.2) is 59.5 Å². The van der Waals surface area contributed by atoms with Crippen LogP contribution in [0.1, 0.15) is 40.6 Å². The van der Waals surface area contributed by atoms with Crippen molar-refractivity contribution >= 4 is 23.7 Å². The Balaban J connectivity index is 2.13. The highest BCUT2D eigenvalue weighted by Gasteiger charge is 2.31. The Kier molecular flexibility index (Phi) is 7.30. The van der Waals surface area contributed by atoms with E-state index >= 15 is 0 Å².